The first-order chi connectivity index (χ1) is 8.33. The molecule has 0 aliphatic rings. The van der Waals surface area contributed by atoms with E-state index < -0.39 is 22.1 Å². The van der Waals surface area contributed by atoms with Crippen LogP contribution in [0.25, 0.3) is 0 Å². The van der Waals surface area contributed by atoms with E-state index in [1.165, 1.54) is 18.5 Å². The maximum absolute atomic E-state index is 11.7. The first-order valence-electron chi connectivity index (χ1n) is 4.84. The minimum Gasteiger partial charge on any atom is -0.479 e. The summed E-state index contributed by atoms with van der Waals surface area (Å²) in [5.74, 6) is -1.39. The van der Waals surface area contributed by atoms with Crippen molar-refractivity contribution in [1.82, 2.24) is 9.71 Å². The molecule has 1 heterocycles. The SMILES string of the molecule is O=C(O)[C@@H](O)CCNS(=O)(=O)c1cncc(Br)c1. The summed E-state index contributed by atoms with van der Waals surface area (Å²) >= 11 is 3.09. The normalized spacial score (nSPS) is 13.2. The van der Waals surface area contributed by atoms with Crippen LogP contribution in [0.2, 0.25) is 0 Å². The van der Waals surface area contributed by atoms with E-state index in [-0.39, 0.29) is 17.9 Å². The first-order valence-corrected chi connectivity index (χ1v) is 7.11. The average Bonchev–Trinajstić information content (AvgIpc) is 2.28. The molecule has 0 radical (unpaired) electrons. The highest BCUT2D eigenvalue weighted by molar-refractivity contribution is 9.10. The Kier molecular flexibility index (Phi) is 5.20. The van der Waals surface area contributed by atoms with Crippen LogP contribution in [0.15, 0.2) is 27.8 Å². The summed E-state index contributed by atoms with van der Waals surface area (Å²) in [5.41, 5.74) is 0. The molecule has 0 aromatic carbocycles. The topological polar surface area (TPSA) is 117 Å². The molecule has 0 saturated carbocycles. The van der Waals surface area contributed by atoms with E-state index in [2.05, 4.69) is 25.6 Å². The Hall–Kier alpha value is -1.03. The molecule has 0 aliphatic heterocycles. The second-order valence-corrected chi connectivity index (χ2v) is 6.06. The van der Waals surface area contributed by atoms with Gasteiger partial charge in [-0.15, -0.1) is 0 Å². The lowest BCUT2D eigenvalue weighted by atomic mass is 10.3. The Morgan fingerprint density at radius 2 is 2.17 bits per heavy atom. The van der Waals surface area contributed by atoms with Gasteiger partial charge in [0.2, 0.25) is 10.0 Å². The molecule has 18 heavy (non-hydrogen) atoms. The van der Waals surface area contributed by atoms with Crippen LogP contribution in [0.3, 0.4) is 0 Å². The highest BCUT2D eigenvalue weighted by Crippen LogP contribution is 2.13. The van der Waals surface area contributed by atoms with Crippen molar-refractivity contribution in [2.24, 2.45) is 0 Å². The second kappa shape index (κ2) is 6.23. The number of hydrogen-bond donors (Lipinski definition) is 3. The van der Waals surface area contributed by atoms with Crippen molar-refractivity contribution in [2.45, 2.75) is 17.4 Å². The number of carboxylic acid groups (broad SMARTS) is 1. The fourth-order valence-corrected chi connectivity index (χ4v) is 2.63. The monoisotopic (exact) mass is 338 g/mol. The van der Waals surface area contributed by atoms with Crippen LogP contribution in [0.5, 0.6) is 0 Å². The number of carbonyl (C=O) groups is 1. The second-order valence-electron chi connectivity index (χ2n) is 3.38. The number of aliphatic hydroxyl groups excluding tert-OH is 1. The van der Waals surface area contributed by atoms with Gasteiger partial charge in [0.1, 0.15) is 4.90 Å². The van der Waals surface area contributed by atoms with E-state index in [0.29, 0.717) is 4.47 Å². The maximum Gasteiger partial charge on any atom is 0.332 e. The molecule has 7 nitrogen and oxygen atoms in total. The van der Waals surface area contributed by atoms with E-state index in [4.69, 9.17) is 10.2 Å². The molecule has 100 valence electrons. The van der Waals surface area contributed by atoms with Gasteiger partial charge >= 0.3 is 5.97 Å². The van der Waals surface area contributed by atoms with E-state index >= 15 is 0 Å². The Balaban J connectivity index is 2.64. The predicted octanol–water partition coefficient (Wildman–Crippen LogP) is -0.0420. The third-order valence-electron chi connectivity index (χ3n) is 1.99. The molecular formula is C9H11BrN2O5S. The molecule has 0 saturated heterocycles. The van der Waals surface area contributed by atoms with Crippen LogP contribution in [0, 0.1) is 0 Å². The number of aromatic nitrogens is 1. The van der Waals surface area contributed by atoms with Crippen molar-refractivity contribution in [2.75, 3.05) is 6.54 Å². The molecule has 0 amide bonds. The number of hydrogen-bond acceptors (Lipinski definition) is 5. The molecule has 1 aromatic rings. The number of aliphatic carboxylic acids is 1. The molecule has 1 aromatic heterocycles. The van der Waals surface area contributed by atoms with E-state index in [1.54, 1.807) is 0 Å². The van der Waals surface area contributed by atoms with Crippen LogP contribution in [-0.4, -0.2) is 42.2 Å². The number of halogens is 1. The van der Waals surface area contributed by atoms with Crippen molar-refractivity contribution in [1.29, 1.82) is 0 Å². The fraction of sp³-hybridized carbons (Fsp3) is 0.333. The lowest BCUT2D eigenvalue weighted by Crippen LogP contribution is -2.30. The van der Waals surface area contributed by atoms with Crippen LogP contribution >= 0.6 is 15.9 Å². The van der Waals surface area contributed by atoms with Gasteiger partial charge in [0.15, 0.2) is 6.10 Å². The number of aliphatic hydroxyl groups is 1. The molecule has 0 aliphatic carbocycles. The maximum atomic E-state index is 11.7. The summed E-state index contributed by atoms with van der Waals surface area (Å²) in [4.78, 5) is 14.0. The van der Waals surface area contributed by atoms with Crippen LogP contribution in [-0.2, 0) is 14.8 Å². The summed E-state index contributed by atoms with van der Waals surface area (Å²) in [7, 11) is -3.75. The first kappa shape index (κ1) is 15.0. The quantitative estimate of drug-likeness (QED) is 0.670. The fourth-order valence-electron chi connectivity index (χ4n) is 1.08. The van der Waals surface area contributed by atoms with Gasteiger partial charge in [0.05, 0.1) is 0 Å². The molecule has 1 atom stereocenters. The molecule has 0 fully saturated rings. The summed E-state index contributed by atoms with van der Waals surface area (Å²) < 4.78 is 26.2. The highest BCUT2D eigenvalue weighted by atomic mass is 79.9. The zero-order valence-corrected chi connectivity index (χ0v) is 11.5. The number of rotatable bonds is 6. The molecular weight excluding hydrogens is 328 g/mol. The van der Waals surface area contributed by atoms with Crippen molar-refractivity contribution in [3.8, 4) is 0 Å². The summed E-state index contributed by atoms with van der Waals surface area (Å²) in [5, 5.41) is 17.4. The molecule has 3 N–H and O–H groups in total. The molecule has 0 unspecified atom stereocenters. The Morgan fingerprint density at radius 3 is 2.72 bits per heavy atom. The zero-order chi connectivity index (χ0) is 13.8. The Morgan fingerprint density at radius 1 is 1.50 bits per heavy atom. The van der Waals surface area contributed by atoms with E-state index in [9.17, 15) is 13.2 Å². The molecule has 9 heteroatoms. The highest BCUT2D eigenvalue weighted by Gasteiger charge is 2.17. The lowest BCUT2D eigenvalue weighted by molar-refractivity contribution is -0.146. The lowest BCUT2D eigenvalue weighted by Gasteiger charge is -2.08. The molecule has 1 rings (SSSR count). The molecule has 0 spiro atoms. The smallest absolute Gasteiger partial charge is 0.332 e. The average molecular weight is 339 g/mol. The number of carboxylic acids is 1. The predicted molar refractivity (Wildman–Crippen MR) is 65.4 cm³/mol. The van der Waals surface area contributed by atoms with Gasteiger partial charge in [-0.25, -0.2) is 17.9 Å². The Bertz CT molecular complexity index is 534. The summed E-state index contributed by atoms with van der Waals surface area (Å²) in [6.07, 6.45) is 0.803. The van der Waals surface area contributed by atoms with Crippen LogP contribution in [0.4, 0.5) is 0 Å². The third kappa shape index (κ3) is 4.33. The zero-order valence-electron chi connectivity index (χ0n) is 9.08. The number of nitrogens with one attached hydrogen (secondary N) is 1. The van der Waals surface area contributed by atoms with Gasteiger partial charge in [-0.1, -0.05) is 0 Å². The van der Waals surface area contributed by atoms with E-state index in [1.807, 2.05) is 0 Å². The Labute approximate surface area is 112 Å². The minimum absolute atomic E-state index is 0.0401. The summed E-state index contributed by atoms with van der Waals surface area (Å²) in [6.45, 7) is -0.178. The van der Waals surface area contributed by atoms with Gasteiger partial charge < -0.3 is 10.2 Å². The number of pyridine rings is 1. The van der Waals surface area contributed by atoms with Gasteiger partial charge in [0, 0.05) is 23.4 Å². The minimum atomic E-state index is -3.75. The van der Waals surface area contributed by atoms with Crippen LogP contribution in [0.1, 0.15) is 6.42 Å². The van der Waals surface area contributed by atoms with Gasteiger partial charge in [-0.3, -0.25) is 4.98 Å². The molecule has 0 bridgehead atoms. The van der Waals surface area contributed by atoms with Crippen molar-refractivity contribution >= 4 is 31.9 Å². The third-order valence-corrected chi connectivity index (χ3v) is 3.85. The number of sulfonamides is 1. The van der Waals surface area contributed by atoms with Gasteiger partial charge in [-0.2, -0.15) is 0 Å². The van der Waals surface area contributed by atoms with Crippen LogP contribution < -0.4 is 4.72 Å². The van der Waals surface area contributed by atoms with Gasteiger partial charge in [-0.05, 0) is 28.4 Å². The van der Waals surface area contributed by atoms with Crippen molar-refractivity contribution in [3.05, 3.63) is 22.9 Å². The summed E-state index contributed by atoms with van der Waals surface area (Å²) in [6, 6.07) is 1.36. The largest absolute Gasteiger partial charge is 0.479 e. The number of nitrogens with zero attached hydrogens (tertiary/aromatic N) is 1. The van der Waals surface area contributed by atoms with Gasteiger partial charge in [0.25, 0.3) is 0 Å². The van der Waals surface area contributed by atoms with Crippen molar-refractivity contribution < 1.29 is 23.4 Å². The van der Waals surface area contributed by atoms with E-state index in [0.717, 1.165) is 0 Å². The van der Waals surface area contributed by atoms with Crippen molar-refractivity contribution in [3.63, 3.8) is 0 Å². The standard InChI is InChI=1S/C9H11BrN2O5S/c10-6-3-7(5-11-4-6)18(16,17)12-2-1-8(13)9(14)15/h3-5,8,12-13H,1-2H2,(H,14,15)/t8-/m0/s1.